The highest BCUT2D eigenvalue weighted by atomic mass is 35.5. The van der Waals surface area contributed by atoms with Crippen LogP contribution in [0.1, 0.15) is 18.7 Å². The van der Waals surface area contributed by atoms with Crippen LogP contribution in [0.3, 0.4) is 0 Å². The number of carbonyl (C=O) groups excluding carboxylic acids is 1. The van der Waals surface area contributed by atoms with Gasteiger partial charge in [-0.05, 0) is 47.5 Å². The predicted molar refractivity (Wildman–Crippen MR) is 88.7 cm³/mol. The molecule has 4 rings (SSSR count). The minimum atomic E-state index is 0.300. The average molecular weight is 347 g/mol. The molecule has 2 heterocycles. The van der Waals surface area contributed by atoms with Crippen LogP contribution in [0.15, 0.2) is 24.3 Å². The van der Waals surface area contributed by atoms with Crippen LogP contribution in [-0.4, -0.2) is 62.1 Å². The maximum atomic E-state index is 12.1. The molecule has 1 saturated carbocycles. The first-order valence-electron chi connectivity index (χ1n) is 8.25. The van der Waals surface area contributed by atoms with Crippen molar-refractivity contribution in [2.75, 3.05) is 26.2 Å². The first kappa shape index (κ1) is 15.5. The van der Waals surface area contributed by atoms with Gasteiger partial charge in [0.05, 0.1) is 12.2 Å². The minimum absolute atomic E-state index is 0.300. The predicted octanol–water partition coefficient (Wildman–Crippen LogP) is 1.37. The van der Waals surface area contributed by atoms with Gasteiger partial charge in [0.25, 0.3) is 0 Å². The molecular weight excluding hydrogens is 328 g/mol. The van der Waals surface area contributed by atoms with E-state index in [1.807, 2.05) is 29.2 Å². The van der Waals surface area contributed by atoms with Crippen LogP contribution in [0.2, 0.25) is 5.02 Å². The summed E-state index contributed by atoms with van der Waals surface area (Å²) in [6.45, 7) is 3.95. The van der Waals surface area contributed by atoms with Crippen molar-refractivity contribution in [2.24, 2.45) is 5.92 Å². The fourth-order valence-electron chi connectivity index (χ4n) is 3.00. The van der Waals surface area contributed by atoms with E-state index in [0.29, 0.717) is 23.4 Å². The quantitative estimate of drug-likeness (QED) is 0.836. The Morgan fingerprint density at radius 2 is 1.83 bits per heavy atom. The molecule has 1 saturated heterocycles. The summed E-state index contributed by atoms with van der Waals surface area (Å²) in [7, 11) is 0. The van der Waals surface area contributed by atoms with Gasteiger partial charge in [0.2, 0.25) is 5.91 Å². The molecule has 0 N–H and O–H groups in total. The second kappa shape index (κ2) is 6.49. The molecule has 2 aliphatic rings. The van der Waals surface area contributed by atoms with E-state index in [1.54, 1.807) is 4.68 Å². The van der Waals surface area contributed by atoms with Gasteiger partial charge < -0.3 is 4.90 Å². The Labute approximate surface area is 145 Å². The van der Waals surface area contributed by atoms with Gasteiger partial charge in [-0.3, -0.25) is 9.69 Å². The molecule has 0 radical (unpaired) electrons. The molecule has 1 aliphatic heterocycles. The van der Waals surface area contributed by atoms with E-state index in [1.165, 1.54) is 0 Å². The van der Waals surface area contributed by atoms with Crippen molar-refractivity contribution < 1.29 is 4.79 Å². The Hall–Kier alpha value is -1.99. The number of piperazine rings is 1. The smallest absolute Gasteiger partial charge is 0.225 e. The van der Waals surface area contributed by atoms with E-state index >= 15 is 0 Å². The third-order valence-electron chi connectivity index (χ3n) is 4.58. The number of rotatable bonds is 4. The fourth-order valence-corrected chi connectivity index (χ4v) is 3.13. The lowest BCUT2D eigenvalue weighted by Gasteiger charge is -2.34. The Balaban J connectivity index is 1.39. The molecule has 1 aromatic carbocycles. The van der Waals surface area contributed by atoms with Crippen molar-refractivity contribution in [3.05, 3.63) is 35.1 Å². The van der Waals surface area contributed by atoms with Gasteiger partial charge in [-0.15, -0.1) is 5.10 Å². The van der Waals surface area contributed by atoms with Crippen LogP contribution in [-0.2, 0) is 11.3 Å². The lowest BCUT2D eigenvalue weighted by atomic mass is 10.2. The normalized spacial score (nSPS) is 18.8. The molecule has 2 aromatic rings. The molecule has 1 amide bonds. The summed E-state index contributed by atoms with van der Waals surface area (Å²) < 4.78 is 1.73. The van der Waals surface area contributed by atoms with Gasteiger partial charge >= 0.3 is 0 Å². The number of nitrogens with zero attached hydrogens (tertiary/aromatic N) is 6. The largest absolute Gasteiger partial charge is 0.340 e. The van der Waals surface area contributed by atoms with Gasteiger partial charge in [0.15, 0.2) is 5.82 Å². The Bertz CT molecular complexity index is 718. The maximum Gasteiger partial charge on any atom is 0.225 e. The number of amides is 1. The standard InChI is InChI=1S/C16H19ClN6O/c17-13-3-5-14(6-4-13)23-15(18-19-20-23)11-21-7-9-22(10-8-21)16(24)12-1-2-12/h3-6,12H,1-2,7-11H2. The Kier molecular flexibility index (Phi) is 4.20. The number of benzene rings is 1. The average Bonchev–Trinajstić information content (AvgIpc) is 3.36. The highest BCUT2D eigenvalue weighted by molar-refractivity contribution is 6.30. The number of hydrogen-bond acceptors (Lipinski definition) is 5. The number of tetrazole rings is 1. The van der Waals surface area contributed by atoms with Crippen LogP contribution < -0.4 is 0 Å². The molecule has 1 aliphatic carbocycles. The zero-order valence-corrected chi connectivity index (χ0v) is 14.1. The highest BCUT2D eigenvalue weighted by Gasteiger charge is 2.34. The van der Waals surface area contributed by atoms with Crippen molar-refractivity contribution in [3.8, 4) is 5.69 Å². The third-order valence-corrected chi connectivity index (χ3v) is 4.83. The molecule has 1 aromatic heterocycles. The third kappa shape index (κ3) is 3.27. The van der Waals surface area contributed by atoms with Gasteiger partial charge in [-0.2, -0.15) is 4.68 Å². The molecule has 0 unspecified atom stereocenters. The van der Waals surface area contributed by atoms with E-state index in [2.05, 4.69) is 20.4 Å². The molecule has 0 bridgehead atoms. The monoisotopic (exact) mass is 346 g/mol. The van der Waals surface area contributed by atoms with Gasteiger partial charge in [0.1, 0.15) is 0 Å². The van der Waals surface area contributed by atoms with Crippen LogP contribution >= 0.6 is 11.6 Å². The van der Waals surface area contributed by atoms with E-state index in [-0.39, 0.29) is 0 Å². The number of aromatic nitrogens is 4. The maximum absolute atomic E-state index is 12.1. The first-order chi connectivity index (χ1) is 11.7. The van der Waals surface area contributed by atoms with Crippen LogP contribution in [0.4, 0.5) is 0 Å². The molecular formula is C16H19ClN6O. The molecule has 2 fully saturated rings. The van der Waals surface area contributed by atoms with Gasteiger partial charge in [0, 0.05) is 37.1 Å². The first-order valence-corrected chi connectivity index (χ1v) is 8.63. The summed E-state index contributed by atoms with van der Waals surface area (Å²) in [5, 5.41) is 12.7. The molecule has 0 spiro atoms. The molecule has 7 nitrogen and oxygen atoms in total. The van der Waals surface area contributed by atoms with Crippen LogP contribution in [0.25, 0.3) is 5.69 Å². The summed E-state index contributed by atoms with van der Waals surface area (Å²) in [5.74, 6) is 1.42. The van der Waals surface area contributed by atoms with Gasteiger partial charge in [-0.25, -0.2) is 0 Å². The number of carbonyl (C=O) groups is 1. The van der Waals surface area contributed by atoms with Crippen molar-refractivity contribution in [1.29, 1.82) is 0 Å². The Morgan fingerprint density at radius 3 is 2.50 bits per heavy atom. The zero-order chi connectivity index (χ0) is 16.5. The lowest BCUT2D eigenvalue weighted by molar-refractivity contribution is -0.134. The minimum Gasteiger partial charge on any atom is -0.340 e. The summed E-state index contributed by atoms with van der Waals surface area (Å²) in [6, 6.07) is 7.44. The summed E-state index contributed by atoms with van der Waals surface area (Å²) in [4.78, 5) is 16.4. The fraction of sp³-hybridized carbons (Fsp3) is 0.500. The van der Waals surface area contributed by atoms with Crippen LogP contribution in [0, 0.1) is 5.92 Å². The topological polar surface area (TPSA) is 67.2 Å². The van der Waals surface area contributed by atoms with E-state index in [4.69, 9.17) is 11.6 Å². The van der Waals surface area contributed by atoms with E-state index in [0.717, 1.165) is 50.5 Å². The van der Waals surface area contributed by atoms with Crippen LogP contribution in [0.5, 0.6) is 0 Å². The second-order valence-corrected chi connectivity index (χ2v) is 6.80. The van der Waals surface area contributed by atoms with Crippen molar-refractivity contribution >= 4 is 17.5 Å². The Morgan fingerprint density at radius 1 is 1.12 bits per heavy atom. The summed E-state index contributed by atoms with van der Waals surface area (Å²) in [6.07, 6.45) is 2.13. The molecule has 0 atom stereocenters. The summed E-state index contributed by atoms with van der Waals surface area (Å²) >= 11 is 5.93. The van der Waals surface area contributed by atoms with E-state index in [9.17, 15) is 4.79 Å². The van der Waals surface area contributed by atoms with E-state index < -0.39 is 0 Å². The SMILES string of the molecule is O=C(C1CC1)N1CCN(Cc2nnnn2-c2ccc(Cl)cc2)CC1. The van der Waals surface area contributed by atoms with Crippen molar-refractivity contribution in [3.63, 3.8) is 0 Å². The summed E-state index contributed by atoms with van der Waals surface area (Å²) in [5.41, 5.74) is 0.891. The van der Waals surface area contributed by atoms with Crippen molar-refractivity contribution in [2.45, 2.75) is 19.4 Å². The number of hydrogen-bond donors (Lipinski definition) is 0. The second-order valence-electron chi connectivity index (χ2n) is 6.36. The molecule has 24 heavy (non-hydrogen) atoms. The number of halogens is 1. The van der Waals surface area contributed by atoms with Crippen molar-refractivity contribution in [1.82, 2.24) is 30.0 Å². The zero-order valence-electron chi connectivity index (χ0n) is 13.3. The van der Waals surface area contributed by atoms with Gasteiger partial charge in [-0.1, -0.05) is 11.6 Å². The molecule has 126 valence electrons. The lowest BCUT2D eigenvalue weighted by Crippen LogP contribution is -2.49. The highest BCUT2D eigenvalue weighted by Crippen LogP contribution is 2.31. The molecule has 8 heteroatoms.